The molecule has 5 nitrogen and oxygen atoms in total. The van der Waals surface area contributed by atoms with E-state index in [4.69, 9.17) is 5.11 Å². The number of rotatable bonds is 18. The first-order valence-electron chi connectivity index (χ1n) is 10.1. The Morgan fingerprint density at radius 3 is 1.84 bits per heavy atom. The second-order valence-electron chi connectivity index (χ2n) is 6.88. The van der Waals surface area contributed by atoms with Crippen molar-refractivity contribution in [2.24, 2.45) is 0 Å². The van der Waals surface area contributed by atoms with Crippen molar-refractivity contribution < 1.29 is 14.8 Å². The van der Waals surface area contributed by atoms with Crippen LogP contribution in [0.25, 0.3) is 0 Å². The summed E-state index contributed by atoms with van der Waals surface area (Å²) in [6, 6.07) is 0. The molecule has 0 heterocycles. The van der Waals surface area contributed by atoms with Gasteiger partial charge in [0, 0.05) is 12.8 Å². The van der Waals surface area contributed by atoms with Crippen LogP contribution in [0.15, 0.2) is 11.8 Å². The molecular formula is C20H37NO4. The number of hydrogen-bond donors (Lipinski definition) is 1. The van der Waals surface area contributed by atoms with Gasteiger partial charge in [-0.3, -0.25) is 14.9 Å². The monoisotopic (exact) mass is 355 g/mol. The van der Waals surface area contributed by atoms with Crippen LogP contribution in [-0.4, -0.2) is 16.0 Å². The lowest BCUT2D eigenvalue weighted by atomic mass is 10.1. The Morgan fingerprint density at radius 1 is 0.840 bits per heavy atom. The van der Waals surface area contributed by atoms with E-state index in [-0.39, 0.29) is 11.3 Å². The summed E-state index contributed by atoms with van der Waals surface area (Å²) in [7, 11) is 0. The van der Waals surface area contributed by atoms with Crippen LogP contribution in [0.5, 0.6) is 0 Å². The van der Waals surface area contributed by atoms with Gasteiger partial charge in [0.05, 0.1) is 4.92 Å². The largest absolute Gasteiger partial charge is 0.481 e. The first kappa shape index (κ1) is 23.6. The number of hydrogen-bond acceptors (Lipinski definition) is 3. The van der Waals surface area contributed by atoms with E-state index in [1.807, 2.05) is 0 Å². The second kappa shape index (κ2) is 17.4. The highest BCUT2D eigenvalue weighted by Gasteiger charge is 2.09. The summed E-state index contributed by atoms with van der Waals surface area (Å²) in [4.78, 5) is 21.2. The Morgan fingerprint density at radius 2 is 1.32 bits per heavy atom. The predicted molar refractivity (Wildman–Crippen MR) is 102 cm³/mol. The lowest BCUT2D eigenvalue weighted by Gasteiger charge is -2.02. The smallest absolute Gasteiger partial charge is 0.303 e. The highest BCUT2D eigenvalue weighted by atomic mass is 16.6. The Balaban J connectivity index is 3.66. The third kappa shape index (κ3) is 17.2. The fourth-order valence-corrected chi connectivity index (χ4v) is 2.93. The van der Waals surface area contributed by atoms with E-state index in [0.29, 0.717) is 18.5 Å². The molecule has 0 unspecified atom stereocenters. The predicted octanol–water partition coefficient (Wildman–Crippen LogP) is 6.49. The molecule has 0 spiro atoms. The SMILES string of the molecule is CCCCCCCCCCCC(=CCCCCCCC(=O)O)[N+](=O)[O-]. The van der Waals surface area contributed by atoms with Crippen LogP contribution >= 0.6 is 0 Å². The van der Waals surface area contributed by atoms with E-state index in [1.165, 1.54) is 44.9 Å². The molecule has 0 bridgehead atoms. The third-order valence-electron chi connectivity index (χ3n) is 4.50. The maximum atomic E-state index is 11.1. The number of carboxylic acids is 1. The topological polar surface area (TPSA) is 80.4 Å². The molecular weight excluding hydrogens is 318 g/mol. The summed E-state index contributed by atoms with van der Waals surface area (Å²) in [6.07, 6.45) is 17.6. The summed E-state index contributed by atoms with van der Waals surface area (Å²) < 4.78 is 0. The average molecular weight is 356 g/mol. The molecule has 5 heteroatoms. The molecule has 0 aromatic rings. The van der Waals surface area contributed by atoms with Crippen LogP contribution in [0.3, 0.4) is 0 Å². The van der Waals surface area contributed by atoms with Crippen molar-refractivity contribution in [1.29, 1.82) is 0 Å². The maximum Gasteiger partial charge on any atom is 0.303 e. The molecule has 0 atom stereocenters. The normalized spacial score (nSPS) is 11.6. The summed E-state index contributed by atoms with van der Waals surface area (Å²) in [5.74, 6) is -0.753. The number of carboxylic acid groups (broad SMARTS) is 1. The van der Waals surface area contributed by atoms with E-state index in [2.05, 4.69) is 6.92 Å². The number of aliphatic carboxylic acids is 1. The lowest BCUT2D eigenvalue weighted by Crippen LogP contribution is -1.99. The van der Waals surface area contributed by atoms with Gasteiger partial charge in [-0.2, -0.15) is 0 Å². The van der Waals surface area contributed by atoms with Gasteiger partial charge < -0.3 is 5.11 Å². The van der Waals surface area contributed by atoms with Crippen LogP contribution in [0.1, 0.15) is 110 Å². The molecule has 0 amide bonds. The van der Waals surface area contributed by atoms with Gasteiger partial charge in [0.1, 0.15) is 0 Å². The first-order chi connectivity index (χ1) is 12.1. The van der Waals surface area contributed by atoms with Crippen LogP contribution in [0, 0.1) is 10.1 Å². The molecule has 0 aliphatic rings. The molecule has 0 aliphatic carbocycles. The van der Waals surface area contributed by atoms with Crippen molar-refractivity contribution in [2.75, 3.05) is 0 Å². The van der Waals surface area contributed by atoms with E-state index in [9.17, 15) is 14.9 Å². The van der Waals surface area contributed by atoms with Crippen molar-refractivity contribution in [3.05, 3.63) is 21.9 Å². The Bertz CT molecular complexity index is 380. The Labute approximate surface area is 153 Å². The van der Waals surface area contributed by atoms with Gasteiger partial charge in [-0.15, -0.1) is 0 Å². The molecule has 0 rings (SSSR count). The fraction of sp³-hybridized carbons (Fsp3) is 0.850. The molecule has 0 aromatic carbocycles. The van der Waals surface area contributed by atoms with E-state index >= 15 is 0 Å². The number of allylic oxidation sites excluding steroid dienone is 2. The zero-order chi connectivity index (χ0) is 18.8. The third-order valence-corrected chi connectivity index (χ3v) is 4.50. The minimum Gasteiger partial charge on any atom is -0.481 e. The van der Waals surface area contributed by atoms with Crippen LogP contribution in [0.2, 0.25) is 0 Å². The van der Waals surface area contributed by atoms with E-state index in [1.54, 1.807) is 6.08 Å². The lowest BCUT2D eigenvalue weighted by molar-refractivity contribution is -0.428. The number of nitro groups is 1. The minimum absolute atomic E-state index is 0.217. The molecule has 1 N–H and O–H groups in total. The van der Waals surface area contributed by atoms with Crippen molar-refractivity contribution in [1.82, 2.24) is 0 Å². The summed E-state index contributed by atoms with van der Waals surface area (Å²) in [6.45, 7) is 2.22. The van der Waals surface area contributed by atoms with E-state index in [0.717, 1.165) is 38.5 Å². The maximum absolute atomic E-state index is 11.1. The van der Waals surface area contributed by atoms with Gasteiger partial charge in [0.25, 0.3) is 0 Å². The second-order valence-corrected chi connectivity index (χ2v) is 6.88. The number of carbonyl (C=O) groups is 1. The van der Waals surface area contributed by atoms with Crippen LogP contribution < -0.4 is 0 Å². The van der Waals surface area contributed by atoms with Gasteiger partial charge in [-0.25, -0.2) is 0 Å². The van der Waals surface area contributed by atoms with Gasteiger partial charge in [0.15, 0.2) is 0 Å². The summed E-state index contributed by atoms with van der Waals surface area (Å²) in [5, 5.41) is 19.6. The van der Waals surface area contributed by atoms with Crippen molar-refractivity contribution >= 4 is 5.97 Å². The van der Waals surface area contributed by atoms with Gasteiger partial charge in [-0.1, -0.05) is 71.1 Å². The van der Waals surface area contributed by atoms with Crippen LogP contribution in [0.4, 0.5) is 0 Å². The first-order valence-corrected chi connectivity index (χ1v) is 10.1. The molecule has 0 radical (unpaired) electrons. The zero-order valence-electron chi connectivity index (χ0n) is 16.0. The number of unbranched alkanes of at least 4 members (excludes halogenated alkanes) is 12. The zero-order valence-corrected chi connectivity index (χ0v) is 16.0. The van der Waals surface area contributed by atoms with Crippen molar-refractivity contribution in [3.8, 4) is 0 Å². The molecule has 0 aromatic heterocycles. The quantitative estimate of drug-likeness (QED) is 0.173. The highest BCUT2D eigenvalue weighted by molar-refractivity contribution is 5.66. The summed E-state index contributed by atoms with van der Waals surface area (Å²) in [5.41, 5.74) is 0.355. The average Bonchev–Trinajstić information content (AvgIpc) is 2.57. The van der Waals surface area contributed by atoms with Gasteiger partial charge in [-0.05, 0) is 31.8 Å². The van der Waals surface area contributed by atoms with Gasteiger partial charge in [0.2, 0.25) is 5.70 Å². The van der Waals surface area contributed by atoms with Crippen LogP contribution in [-0.2, 0) is 4.79 Å². The number of nitrogens with zero attached hydrogens (tertiary/aromatic N) is 1. The molecule has 0 aliphatic heterocycles. The minimum atomic E-state index is -0.753. The highest BCUT2D eigenvalue weighted by Crippen LogP contribution is 2.15. The Kier molecular flexibility index (Phi) is 16.5. The molecule has 0 saturated carbocycles. The molecule has 25 heavy (non-hydrogen) atoms. The van der Waals surface area contributed by atoms with Crippen molar-refractivity contribution in [2.45, 2.75) is 110 Å². The Hall–Kier alpha value is -1.39. The molecule has 0 saturated heterocycles. The molecule has 146 valence electrons. The fourth-order valence-electron chi connectivity index (χ4n) is 2.93. The summed E-state index contributed by atoms with van der Waals surface area (Å²) >= 11 is 0. The standard InChI is InChI=1S/C20H37NO4/c1-2-3-4-5-6-7-8-10-13-16-19(21(24)25)17-14-11-9-12-15-18-20(22)23/h17H,2-16,18H2,1H3,(H,22,23). The van der Waals surface area contributed by atoms with Gasteiger partial charge >= 0.3 is 5.97 Å². The molecule has 0 fully saturated rings. The van der Waals surface area contributed by atoms with Crippen molar-refractivity contribution in [3.63, 3.8) is 0 Å². The van der Waals surface area contributed by atoms with E-state index < -0.39 is 5.97 Å².